The molecule has 2 heterocycles. The zero-order valence-corrected chi connectivity index (χ0v) is 21.9. The lowest BCUT2D eigenvalue weighted by molar-refractivity contribution is 0.217. The largest absolute Gasteiger partial charge is 0.490 e. The quantitative estimate of drug-likeness (QED) is 0.355. The summed E-state index contributed by atoms with van der Waals surface area (Å²) in [4.78, 5) is 4.00. The number of nitrogens with zero attached hydrogens (tertiary/aromatic N) is 1. The molecule has 0 bridgehead atoms. The average Bonchev–Trinajstić information content (AvgIpc) is 2.75. The van der Waals surface area contributed by atoms with Crippen molar-refractivity contribution >= 4 is 25.9 Å². The van der Waals surface area contributed by atoms with E-state index in [0.717, 1.165) is 29.1 Å². The van der Waals surface area contributed by atoms with E-state index in [0.29, 0.717) is 18.3 Å². The molecule has 1 fully saturated rings. The second kappa shape index (κ2) is 12.8. The lowest BCUT2D eigenvalue weighted by Crippen LogP contribution is -2.46. The normalized spacial score (nSPS) is 14.9. The number of rotatable bonds is 5. The summed E-state index contributed by atoms with van der Waals surface area (Å²) in [5, 5.41) is 3.27. The molecule has 3 aromatic rings. The van der Waals surface area contributed by atoms with Crippen LogP contribution in [0, 0.1) is 20.8 Å². The van der Waals surface area contributed by atoms with Crippen molar-refractivity contribution in [3.8, 4) is 5.75 Å². The molecule has 0 radical (unpaired) electrons. The van der Waals surface area contributed by atoms with Gasteiger partial charge in [0.2, 0.25) is 0 Å². The fourth-order valence-electron chi connectivity index (χ4n) is 2.72. The molecular formula is C24H31N3O7S2. The summed E-state index contributed by atoms with van der Waals surface area (Å²) in [6.07, 6.45) is 2.90. The van der Waals surface area contributed by atoms with Crippen molar-refractivity contribution in [2.75, 3.05) is 18.9 Å². The van der Waals surface area contributed by atoms with Gasteiger partial charge in [-0.25, -0.2) is 0 Å². The van der Waals surface area contributed by atoms with Gasteiger partial charge in [0.05, 0.1) is 27.4 Å². The summed E-state index contributed by atoms with van der Waals surface area (Å²) in [6, 6.07) is 14.3. The van der Waals surface area contributed by atoms with Gasteiger partial charge >= 0.3 is 0 Å². The molecule has 1 aromatic heterocycles. The molecule has 5 N–H and O–H groups in total. The maximum atomic E-state index is 10.5. The van der Waals surface area contributed by atoms with E-state index in [2.05, 4.69) is 10.3 Å². The Labute approximate surface area is 212 Å². The maximum Gasteiger partial charge on any atom is 0.294 e. The van der Waals surface area contributed by atoms with Crippen molar-refractivity contribution in [2.45, 2.75) is 43.0 Å². The first kappa shape index (κ1) is 29.2. The van der Waals surface area contributed by atoms with E-state index >= 15 is 0 Å². The first-order valence-electron chi connectivity index (χ1n) is 10.9. The minimum Gasteiger partial charge on any atom is -0.490 e. The molecule has 1 atom stereocenters. The number of nitrogen functional groups attached to an aromatic ring is 1. The highest BCUT2D eigenvalue weighted by molar-refractivity contribution is 7.86. The Morgan fingerprint density at radius 3 is 1.69 bits per heavy atom. The summed E-state index contributed by atoms with van der Waals surface area (Å²) in [7, 11) is -8.04. The van der Waals surface area contributed by atoms with Crippen LogP contribution >= 0.6 is 0 Å². The van der Waals surface area contributed by atoms with Crippen LogP contribution in [0.2, 0.25) is 0 Å². The third-order valence-corrected chi connectivity index (χ3v) is 6.85. The van der Waals surface area contributed by atoms with Crippen molar-refractivity contribution in [3.63, 3.8) is 0 Å². The summed E-state index contributed by atoms with van der Waals surface area (Å²) in [5.74, 6) is 0.752. The minimum atomic E-state index is -4.02. The van der Waals surface area contributed by atoms with Gasteiger partial charge in [0.25, 0.3) is 20.2 Å². The van der Waals surface area contributed by atoms with Crippen LogP contribution in [0.25, 0.3) is 0 Å². The van der Waals surface area contributed by atoms with Crippen LogP contribution in [-0.2, 0) is 20.2 Å². The van der Waals surface area contributed by atoms with Crippen LogP contribution < -0.4 is 15.8 Å². The zero-order chi connectivity index (χ0) is 26.9. The monoisotopic (exact) mass is 537 g/mol. The maximum absolute atomic E-state index is 10.5. The first-order chi connectivity index (χ1) is 16.8. The van der Waals surface area contributed by atoms with Crippen molar-refractivity contribution in [3.05, 3.63) is 77.6 Å². The van der Waals surface area contributed by atoms with Gasteiger partial charge in [-0.1, -0.05) is 35.4 Å². The first-order valence-corrected chi connectivity index (χ1v) is 13.8. The van der Waals surface area contributed by atoms with Gasteiger partial charge in [-0.2, -0.15) is 16.8 Å². The van der Waals surface area contributed by atoms with Gasteiger partial charge in [0.1, 0.15) is 12.4 Å². The third kappa shape index (κ3) is 9.91. The number of pyridine rings is 1. The molecule has 0 unspecified atom stereocenters. The van der Waals surface area contributed by atoms with Crippen molar-refractivity contribution < 1.29 is 30.7 Å². The van der Waals surface area contributed by atoms with Crippen molar-refractivity contribution in [2.24, 2.45) is 0 Å². The highest BCUT2D eigenvalue weighted by Gasteiger charge is 2.16. The molecule has 0 amide bonds. The molecule has 1 saturated heterocycles. The third-order valence-electron chi connectivity index (χ3n) is 5.12. The second-order valence-corrected chi connectivity index (χ2v) is 11.0. The Morgan fingerprint density at radius 2 is 1.36 bits per heavy atom. The standard InChI is InChI=1S/C10H15N3O.2C7H8O3S/c1-7-10(11)4-9(5-13-7)14-6-8-2-3-12-8;2*1-6-2-4-7(5-3-6)11(8,9)10/h4-5,8,12H,2-3,6,11H2,1H3;2*2-5H,1H3,(H,8,9,10)/t8-;;/m0../s1. The molecule has 12 heteroatoms. The van der Waals surface area contributed by atoms with E-state index in [4.69, 9.17) is 19.6 Å². The molecule has 0 spiro atoms. The number of nitrogens with one attached hydrogen (secondary N) is 1. The second-order valence-electron chi connectivity index (χ2n) is 8.17. The Bertz CT molecular complexity index is 1270. The molecule has 10 nitrogen and oxygen atoms in total. The Morgan fingerprint density at radius 1 is 0.917 bits per heavy atom. The number of anilines is 1. The molecule has 1 aliphatic rings. The number of ether oxygens (including phenoxy) is 1. The van der Waals surface area contributed by atoms with Gasteiger partial charge in [-0.05, 0) is 58.0 Å². The van der Waals surface area contributed by atoms with Crippen molar-refractivity contribution in [1.82, 2.24) is 10.3 Å². The van der Waals surface area contributed by atoms with Gasteiger partial charge in [-0.15, -0.1) is 0 Å². The number of nitrogens with two attached hydrogens (primary N) is 1. The predicted molar refractivity (Wildman–Crippen MR) is 137 cm³/mol. The summed E-state index contributed by atoms with van der Waals surface area (Å²) in [6.45, 7) is 7.36. The lowest BCUT2D eigenvalue weighted by Gasteiger charge is -2.27. The highest BCUT2D eigenvalue weighted by Crippen LogP contribution is 2.17. The van der Waals surface area contributed by atoms with Crippen molar-refractivity contribution in [1.29, 1.82) is 0 Å². The van der Waals surface area contributed by atoms with Gasteiger partial charge < -0.3 is 15.8 Å². The summed E-state index contributed by atoms with van der Waals surface area (Å²) < 4.78 is 64.6. The van der Waals surface area contributed by atoms with E-state index in [-0.39, 0.29) is 9.79 Å². The molecule has 0 aliphatic carbocycles. The van der Waals surface area contributed by atoms with Gasteiger partial charge in [0.15, 0.2) is 0 Å². The van der Waals surface area contributed by atoms with E-state index in [1.807, 2.05) is 26.8 Å². The van der Waals surface area contributed by atoms with E-state index in [1.165, 1.54) is 30.7 Å². The zero-order valence-electron chi connectivity index (χ0n) is 20.2. The fraction of sp³-hybridized carbons (Fsp3) is 0.292. The molecule has 36 heavy (non-hydrogen) atoms. The van der Waals surface area contributed by atoms with Crippen LogP contribution in [0.5, 0.6) is 5.75 Å². The molecule has 1 aliphatic heterocycles. The number of aryl methyl sites for hydroxylation is 3. The minimum absolute atomic E-state index is 0.0666. The van der Waals surface area contributed by atoms with E-state index in [1.54, 1.807) is 30.5 Å². The molecular weight excluding hydrogens is 506 g/mol. The van der Waals surface area contributed by atoms with Crippen LogP contribution in [0.4, 0.5) is 5.69 Å². The van der Waals surface area contributed by atoms with Gasteiger partial charge in [0, 0.05) is 12.1 Å². The van der Waals surface area contributed by atoms with Gasteiger partial charge in [-0.3, -0.25) is 14.1 Å². The van der Waals surface area contributed by atoms with E-state index in [9.17, 15) is 16.8 Å². The van der Waals surface area contributed by atoms with Crippen LogP contribution in [0.15, 0.2) is 70.6 Å². The highest BCUT2D eigenvalue weighted by atomic mass is 32.2. The summed E-state index contributed by atoms with van der Waals surface area (Å²) in [5.41, 5.74) is 9.16. The predicted octanol–water partition coefficient (Wildman–Crippen LogP) is 3.20. The SMILES string of the molecule is Cc1ccc(S(=O)(=O)O)cc1.Cc1ccc(S(=O)(=O)O)cc1.Cc1ncc(OC[C@@H]2CCN2)cc1N. The fourth-order valence-corrected chi connectivity index (χ4v) is 3.68. The van der Waals surface area contributed by atoms with E-state index < -0.39 is 20.2 Å². The smallest absolute Gasteiger partial charge is 0.294 e. The molecule has 4 rings (SSSR count). The average molecular weight is 538 g/mol. The number of benzene rings is 2. The Kier molecular flexibility index (Phi) is 10.4. The number of aromatic nitrogens is 1. The molecule has 0 saturated carbocycles. The van der Waals surface area contributed by atoms with Crippen LogP contribution in [-0.4, -0.2) is 50.1 Å². The Balaban J connectivity index is 0.000000193. The number of hydrogen-bond donors (Lipinski definition) is 4. The number of hydrogen-bond acceptors (Lipinski definition) is 8. The van der Waals surface area contributed by atoms with Crippen LogP contribution in [0.1, 0.15) is 23.2 Å². The topological polar surface area (TPSA) is 169 Å². The molecule has 2 aromatic carbocycles. The van der Waals surface area contributed by atoms with Crippen LogP contribution in [0.3, 0.4) is 0 Å². The molecule has 196 valence electrons. The summed E-state index contributed by atoms with van der Waals surface area (Å²) >= 11 is 0. The lowest BCUT2D eigenvalue weighted by atomic mass is 10.1. The Hall–Kier alpha value is -3.03.